The molecule has 0 aromatic heterocycles. The molecule has 1 aliphatic rings. The minimum atomic E-state index is -1.07. The van der Waals surface area contributed by atoms with Crippen LogP contribution in [-0.2, 0) is 4.79 Å². The van der Waals surface area contributed by atoms with Crippen LogP contribution in [0.25, 0.3) is 0 Å². The molecule has 2 amide bonds. The Morgan fingerprint density at radius 2 is 1.95 bits per heavy atom. The van der Waals surface area contributed by atoms with E-state index in [0.29, 0.717) is 12.1 Å². The highest BCUT2D eigenvalue weighted by Crippen LogP contribution is 2.39. The molecule has 5 nitrogen and oxygen atoms in total. The molecule has 0 aliphatic heterocycles. The number of carbonyl (C=O) groups is 2. The summed E-state index contributed by atoms with van der Waals surface area (Å²) in [5.41, 5.74) is 0.730. The predicted molar refractivity (Wildman–Crippen MR) is 75.3 cm³/mol. The summed E-state index contributed by atoms with van der Waals surface area (Å²) in [5.74, 6) is -1.07. The molecule has 0 radical (unpaired) electrons. The van der Waals surface area contributed by atoms with E-state index in [1.54, 1.807) is 30.3 Å². The Morgan fingerprint density at radius 1 is 1.30 bits per heavy atom. The molecule has 2 rings (SSSR count). The molecule has 0 unspecified atom stereocenters. The van der Waals surface area contributed by atoms with Crippen LogP contribution in [0.4, 0.5) is 4.79 Å². The summed E-state index contributed by atoms with van der Waals surface area (Å²) in [6, 6.07) is 7.22. The van der Waals surface area contributed by atoms with Crippen LogP contribution < -0.4 is 10.6 Å². The molecule has 1 saturated carbocycles. The molecule has 108 valence electrons. The molecule has 1 atom stereocenters. The smallest absolute Gasteiger partial charge is 0.330 e. The lowest BCUT2D eigenvalue weighted by Gasteiger charge is -2.38. The minimum Gasteiger partial charge on any atom is -0.479 e. The standard InChI is InChI=1S/C15H20N2O3/c1-15(8-5-9-15)10-16-14(20)17-12(13(18)19)11-6-3-2-4-7-11/h2-4,6-7,12H,5,8-10H2,1H3,(H,18,19)(H2,16,17,20)/t12-/m1/s1. The molecule has 1 fully saturated rings. The highest BCUT2D eigenvalue weighted by Gasteiger charge is 2.32. The van der Waals surface area contributed by atoms with E-state index < -0.39 is 18.0 Å². The van der Waals surface area contributed by atoms with Crippen LogP contribution in [0.5, 0.6) is 0 Å². The van der Waals surface area contributed by atoms with Gasteiger partial charge in [0.1, 0.15) is 0 Å². The van der Waals surface area contributed by atoms with E-state index in [2.05, 4.69) is 17.6 Å². The van der Waals surface area contributed by atoms with Crippen LogP contribution in [0.2, 0.25) is 0 Å². The van der Waals surface area contributed by atoms with Gasteiger partial charge in [-0.2, -0.15) is 0 Å². The first kappa shape index (κ1) is 14.4. The largest absolute Gasteiger partial charge is 0.479 e. The minimum absolute atomic E-state index is 0.169. The van der Waals surface area contributed by atoms with Gasteiger partial charge < -0.3 is 15.7 Å². The van der Waals surface area contributed by atoms with E-state index >= 15 is 0 Å². The van der Waals surface area contributed by atoms with Crippen LogP contribution >= 0.6 is 0 Å². The van der Waals surface area contributed by atoms with Gasteiger partial charge in [0.25, 0.3) is 0 Å². The van der Waals surface area contributed by atoms with E-state index in [4.69, 9.17) is 0 Å². The van der Waals surface area contributed by atoms with Gasteiger partial charge in [0.15, 0.2) is 6.04 Å². The van der Waals surface area contributed by atoms with Crippen molar-refractivity contribution in [2.24, 2.45) is 5.41 Å². The van der Waals surface area contributed by atoms with Gasteiger partial charge in [-0.25, -0.2) is 9.59 Å². The molecule has 1 aromatic carbocycles. The lowest BCUT2D eigenvalue weighted by atomic mass is 9.70. The second-order valence-electron chi connectivity index (χ2n) is 5.67. The third-order valence-corrected chi connectivity index (χ3v) is 3.89. The highest BCUT2D eigenvalue weighted by atomic mass is 16.4. The maximum Gasteiger partial charge on any atom is 0.330 e. The zero-order valence-corrected chi connectivity index (χ0v) is 11.6. The van der Waals surface area contributed by atoms with Crippen molar-refractivity contribution >= 4 is 12.0 Å². The fourth-order valence-electron chi connectivity index (χ4n) is 2.37. The first-order valence-corrected chi connectivity index (χ1v) is 6.82. The van der Waals surface area contributed by atoms with Gasteiger partial charge in [-0.3, -0.25) is 0 Å². The number of hydrogen-bond donors (Lipinski definition) is 3. The first-order chi connectivity index (χ1) is 9.50. The summed E-state index contributed by atoms with van der Waals surface area (Å²) < 4.78 is 0. The van der Waals surface area contributed by atoms with Crippen LogP contribution in [0.1, 0.15) is 37.8 Å². The number of carbonyl (C=O) groups excluding carboxylic acids is 1. The van der Waals surface area contributed by atoms with Gasteiger partial charge in [0, 0.05) is 6.54 Å². The van der Waals surface area contributed by atoms with Crippen LogP contribution in [0, 0.1) is 5.41 Å². The molecule has 1 aromatic rings. The topological polar surface area (TPSA) is 78.4 Å². The number of benzene rings is 1. The summed E-state index contributed by atoms with van der Waals surface area (Å²) in [4.78, 5) is 23.1. The van der Waals surface area contributed by atoms with Gasteiger partial charge in [-0.05, 0) is 23.8 Å². The molecule has 0 heterocycles. The number of urea groups is 1. The quantitative estimate of drug-likeness (QED) is 0.772. The normalized spacial score (nSPS) is 17.6. The lowest BCUT2D eigenvalue weighted by Crippen LogP contribution is -2.46. The molecule has 0 saturated heterocycles. The Labute approximate surface area is 118 Å². The molecule has 3 N–H and O–H groups in total. The summed E-state index contributed by atoms with van der Waals surface area (Å²) in [6.07, 6.45) is 3.41. The van der Waals surface area contributed by atoms with Gasteiger partial charge in [-0.1, -0.05) is 43.7 Å². The van der Waals surface area contributed by atoms with Crippen LogP contribution in [0.15, 0.2) is 30.3 Å². The molecular weight excluding hydrogens is 256 g/mol. The third-order valence-electron chi connectivity index (χ3n) is 3.89. The molecule has 1 aliphatic carbocycles. The summed E-state index contributed by atoms with van der Waals surface area (Å²) in [6.45, 7) is 2.71. The van der Waals surface area contributed by atoms with Gasteiger partial charge >= 0.3 is 12.0 Å². The van der Waals surface area contributed by atoms with E-state index in [-0.39, 0.29) is 5.41 Å². The van der Waals surface area contributed by atoms with E-state index in [0.717, 1.165) is 12.8 Å². The number of amides is 2. The van der Waals surface area contributed by atoms with Crippen molar-refractivity contribution in [3.8, 4) is 0 Å². The van der Waals surface area contributed by atoms with Crippen molar-refractivity contribution in [3.05, 3.63) is 35.9 Å². The Balaban J connectivity index is 1.91. The lowest BCUT2D eigenvalue weighted by molar-refractivity contribution is -0.139. The third kappa shape index (κ3) is 3.50. The van der Waals surface area contributed by atoms with Gasteiger partial charge in [0.05, 0.1) is 0 Å². The first-order valence-electron chi connectivity index (χ1n) is 6.82. The number of nitrogens with one attached hydrogen (secondary N) is 2. The SMILES string of the molecule is CC1(CNC(=O)N[C@@H](C(=O)O)c2ccccc2)CCC1. The Morgan fingerprint density at radius 3 is 2.45 bits per heavy atom. The summed E-state index contributed by atoms with van der Waals surface area (Å²) >= 11 is 0. The van der Waals surface area contributed by atoms with Crippen LogP contribution in [0.3, 0.4) is 0 Å². The monoisotopic (exact) mass is 276 g/mol. The molecule has 0 spiro atoms. The number of rotatable bonds is 5. The van der Waals surface area contributed by atoms with Crippen molar-refractivity contribution in [2.75, 3.05) is 6.54 Å². The van der Waals surface area contributed by atoms with E-state index in [1.165, 1.54) is 6.42 Å². The number of carboxylic acids is 1. The van der Waals surface area contributed by atoms with E-state index in [9.17, 15) is 14.7 Å². The van der Waals surface area contributed by atoms with Crippen molar-refractivity contribution in [2.45, 2.75) is 32.2 Å². The van der Waals surface area contributed by atoms with Gasteiger partial charge in [0.2, 0.25) is 0 Å². The number of hydrogen-bond acceptors (Lipinski definition) is 2. The Kier molecular flexibility index (Phi) is 4.27. The molecular formula is C15H20N2O3. The average Bonchev–Trinajstić information content (AvgIpc) is 2.41. The fourth-order valence-corrected chi connectivity index (χ4v) is 2.37. The van der Waals surface area contributed by atoms with Crippen LogP contribution in [-0.4, -0.2) is 23.7 Å². The van der Waals surface area contributed by atoms with Crippen molar-refractivity contribution in [1.82, 2.24) is 10.6 Å². The summed E-state index contributed by atoms with van der Waals surface area (Å²) in [7, 11) is 0. The van der Waals surface area contributed by atoms with Gasteiger partial charge in [-0.15, -0.1) is 0 Å². The molecule has 20 heavy (non-hydrogen) atoms. The predicted octanol–water partition coefficient (Wildman–Crippen LogP) is 2.30. The second kappa shape index (κ2) is 5.94. The Bertz CT molecular complexity index is 483. The number of carboxylic acid groups (broad SMARTS) is 1. The maximum atomic E-state index is 11.8. The maximum absolute atomic E-state index is 11.8. The highest BCUT2D eigenvalue weighted by molar-refractivity contribution is 5.83. The molecule has 5 heteroatoms. The molecule has 0 bridgehead atoms. The second-order valence-corrected chi connectivity index (χ2v) is 5.67. The van der Waals surface area contributed by atoms with E-state index in [1.807, 2.05) is 0 Å². The average molecular weight is 276 g/mol. The van der Waals surface area contributed by atoms with Crippen molar-refractivity contribution in [3.63, 3.8) is 0 Å². The number of aliphatic carboxylic acids is 1. The Hall–Kier alpha value is -2.04. The van der Waals surface area contributed by atoms with Crippen molar-refractivity contribution in [1.29, 1.82) is 0 Å². The van der Waals surface area contributed by atoms with Crippen molar-refractivity contribution < 1.29 is 14.7 Å². The zero-order chi connectivity index (χ0) is 14.6. The summed E-state index contributed by atoms with van der Waals surface area (Å²) in [5, 5.41) is 14.5. The fraction of sp³-hybridized carbons (Fsp3) is 0.467. The zero-order valence-electron chi connectivity index (χ0n) is 11.6.